The van der Waals surface area contributed by atoms with Crippen LogP contribution in [0, 0.1) is 0 Å². The lowest BCUT2D eigenvalue weighted by Gasteiger charge is -2.28. The highest BCUT2D eigenvalue weighted by Gasteiger charge is 2.47. The van der Waals surface area contributed by atoms with Crippen LogP contribution in [0.25, 0.3) is 5.76 Å². The van der Waals surface area contributed by atoms with Crippen molar-refractivity contribution in [2.75, 3.05) is 26.4 Å². The number of likely N-dealkylation sites (tertiary alicyclic amines) is 1. The molecule has 1 N–H and O–H groups in total. The van der Waals surface area contributed by atoms with E-state index in [0.29, 0.717) is 43.4 Å². The first-order valence-corrected chi connectivity index (χ1v) is 12.1. The minimum atomic E-state index is -0.707. The molecule has 2 atom stereocenters. The first-order valence-electron chi connectivity index (χ1n) is 12.1. The molecular weight excluding hydrogens is 446 g/mol. The Morgan fingerprint density at radius 1 is 1.00 bits per heavy atom. The Bertz CT molecular complexity index is 1170. The van der Waals surface area contributed by atoms with Gasteiger partial charge in [-0.15, -0.1) is 0 Å². The Morgan fingerprint density at radius 2 is 1.71 bits per heavy atom. The highest BCUT2D eigenvalue weighted by atomic mass is 16.6. The molecule has 3 aliphatic heterocycles. The second-order valence-corrected chi connectivity index (χ2v) is 10.3. The molecule has 1 amide bonds. The number of benzene rings is 2. The third-order valence-electron chi connectivity index (χ3n) is 6.87. The van der Waals surface area contributed by atoms with Crippen LogP contribution >= 0.6 is 0 Å². The van der Waals surface area contributed by atoms with Crippen molar-refractivity contribution < 1.29 is 28.9 Å². The highest BCUT2D eigenvalue weighted by Crippen LogP contribution is 2.42. The highest BCUT2D eigenvalue weighted by molar-refractivity contribution is 6.46. The van der Waals surface area contributed by atoms with Gasteiger partial charge in [-0.25, -0.2) is 0 Å². The van der Waals surface area contributed by atoms with E-state index in [9.17, 15) is 14.7 Å². The lowest BCUT2D eigenvalue weighted by atomic mass is 9.85. The molecule has 0 aliphatic carbocycles. The van der Waals surface area contributed by atoms with Crippen LogP contribution in [0.1, 0.15) is 56.3 Å². The average molecular weight is 478 g/mol. The minimum Gasteiger partial charge on any atom is -0.507 e. The number of hydrogen-bond acceptors (Lipinski definition) is 6. The van der Waals surface area contributed by atoms with Gasteiger partial charge in [0.05, 0.1) is 17.7 Å². The number of carbonyl (C=O) groups is 2. The lowest BCUT2D eigenvalue weighted by molar-refractivity contribution is -0.140. The van der Waals surface area contributed by atoms with Gasteiger partial charge in [0.1, 0.15) is 19.0 Å². The number of carbonyl (C=O) groups excluding carboxylic acids is 2. The zero-order chi connectivity index (χ0) is 24.7. The van der Waals surface area contributed by atoms with Gasteiger partial charge in [-0.2, -0.15) is 0 Å². The van der Waals surface area contributed by atoms with Crippen molar-refractivity contribution in [3.8, 4) is 11.5 Å². The molecule has 2 aromatic rings. The summed E-state index contributed by atoms with van der Waals surface area (Å²) in [6.45, 7) is 8.21. The van der Waals surface area contributed by atoms with Gasteiger partial charge < -0.3 is 24.2 Å². The molecule has 7 heteroatoms. The van der Waals surface area contributed by atoms with Gasteiger partial charge in [0.25, 0.3) is 11.7 Å². The first kappa shape index (κ1) is 23.4. The molecule has 0 spiro atoms. The summed E-state index contributed by atoms with van der Waals surface area (Å²) in [6.07, 6.45) is 1.64. The van der Waals surface area contributed by atoms with Crippen LogP contribution in [0.15, 0.2) is 48.0 Å². The zero-order valence-electron chi connectivity index (χ0n) is 20.4. The van der Waals surface area contributed by atoms with Gasteiger partial charge >= 0.3 is 0 Å². The van der Waals surface area contributed by atoms with Crippen molar-refractivity contribution in [1.29, 1.82) is 0 Å². The van der Waals surface area contributed by atoms with Crippen LogP contribution in [-0.4, -0.2) is 54.2 Å². The van der Waals surface area contributed by atoms with Crippen molar-refractivity contribution in [2.24, 2.45) is 0 Å². The molecule has 3 aliphatic rings. The SMILES string of the molecule is CC(C)(C)c1ccc([C@H]2C(=C(O)c3ccc4c(c3)OCCO4)C(=O)C(=O)N2C[C@@H]2CCCO2)cc1. The van der Waals surface area contributed by atoms with Crippen LogP contribution in [0.2, 0.25) is 0 Å². The number of Topliss-reactive ketones (excluding diaryl/α,β-unsaturated/α-hetero) is 1. The number of ether oxygens (including phenoxy) is 3. The van der Waals surface area contributed by atoms with E-state index < -0.39 is 17.7 Å². The van der Waals surface area contributed by atoms with Crippen LogP contribution in [0.4, 0.5) is 0 Å². The Kier molecular flexibility index (Phi) is 6.05. The maximum atomic E-state index is 13.3. The summed E-state index contributed by atoms with van der Waals surface area (Å²) >= 11 is 0. The standard InChI is InChI=1S/C28H31NO6/c1-28(2,3)19-9-6-17(7-10-19)24-23(26(31)27(32)29(24)16-20-5-4-12-33-20)25(30)18-8-11-21-22(15-18)35-14-13-34-21/h6-11,15,20,24,30H,4-5,12-14,16H2,1-3H3/t20-,24-/m0/s1. The molecule has 0 radical (unpaired) electrons. The smallest absolute Gasteiger partial charge is 0.295 e. The van der Waals surface area contributed by atoms with E-state index in [2.05, 4.69) is 20.8 Å². The van der Waals surface area contributed by atoms with Crippen LogP contribution < -0.4 is 9.47 Å². The van der Waals surface area contributed by atoms with Crippen molar-refractivity contribution in [3.05, 3.63) is 64.7 Å². The van der Waals surface area contributed by atoms with Crippen molar-refractivity contribution in [1.82, 2.24) is 4.90 Å². The van der Waals surface area contributed by atoms with Gasteiger partial charge in [0.15, 0.2) is 11.5 Å². The molecule has 3 heterocycles. The molecule has 35 heavy (non-hydrogen) atoms. The van der Waals surface area contributed by atoms with Gasteiger partial charge in [-0.1, -0.05) is 45.0 Å². The predicted octanol–water partition coefficient (Wildman–Crippen LogP) is 4.36. The summed E-state index contributed by atoms with van der Waals surface area (Å²) < 4.78 is 17.0. The third kappa shape index (κ3) is 4.41. The maximum Gasteiger partial charge on any atom is 0.295 e. The number of ketones is 1. The molecule has 184 valence electrons. The van der Waals surface area contributed by atoms with E-state index >= 15 is 0 Å². The molecular formula is C28H31NO6. The van der Waals surface area contributed by atoms with E-state index in [4.69, 9.17) is 14.2 Å². The Balaban J connectivity index is 1.59. The van der Waals surface area contributed by atoms with E-state index in [1.807, 2.05) is 24.3 Å². The molecule has 2 fully saturated rings. The van der Waals surface area contributed by atoms with E-state index in [-0.39, 0.29) is 22.9 Å². The lowest BCUT2D eigenvalue weighted by Crippen LogP contribution is -2.36. The summed E-state index contributed by atoms with van der Waals surface area (Å²) in [5.74, 6) is -0.453. The fourth-order valence-corrected chi connectivity index (χ4v) is 4.93. The van der Waals surface area contributed by atoms with Crippen molar-refractivity contribution >= 4 is 17.4 Å². The summed E-state index contributed by atoms with van der Waals surface area (Å²) in [5.41, 5.74) is 2.36. The Hall–Kier alpha value is -3.32. The van der Waals surface area contributed by atoms with Crippen LogP contribution in [0.5, 0.6) is 11.5 Å². The fraction of sp³-hybridized carbons (Fsp3) is 0.429. The van der Waals surface area contributed by atoms with Gasteiger partial charge in [-0.05, 0) is 47.6 Å². The molecule has 0 bridgehead atoms. The Labute approximate surface area is 205 Å². The molecule has 0 unspecified atom stereocenters. The first-order chi connectivity index (χ1) is 16.7. The Morgan fingerprint density at radius 3 is 2.37 bits per heavy atom. The van der Waals surface area contributed by atoms with E-state index in [1.54, 1.807) is 23.1 Å². The topological polar surface area (TPSA) is 85.3 Å². The average Bonchev–Trinajstić information content (AvgIpc) is 3.45. The number of amides is 1. The molecule has 0 saturated carbocycles. The zero-order valence-corrected chi connectivity index (χ0v) is 20.4. The van der Waals surface area contributed by atoms with Crippen LogP contribution in [0.3, 0.4) is 0 Å². The second kappa shape index (κ2) is 9.04. The van der Waals surface area contributed by atoms with Crippen molar-refractivity contribution in [2.45, 2.75) is 51.2 Å². The van der Waals surface area contributed by atoms with Gasteiger partial charge in [0.2, 0.25) is 0 Å². The number of hydrogen-bond donors (Lipinski definition) is 1. The van der Waals surface area contributed by atoms with E-state index in [1.165, 1.54) is 0 Å². The maximum absolute atomic E-state index is 13.3. The predicted molar refractivity (Wildman–Crippen MR) is 131 cm³/mol. The number of aliphatic hydroxyl groups is 1. The van der Waals surface area contributed by atoms with Gasteiger partial charge in [-0.3, -0.25) is 9.59 Å². The molecule has 0 aromatic heterocycles. The summed E-state index contributed by atoms with van der Waals surface area (Å²) in [5, 5.41) is 11.4. The number of nitrogens with zero attached hydrogens (tertiary/aromatic N) is 1. The molecule has 5 rings (SSSR count). The number of fused-ring (bicyclic) bond motifs is 1. The van der Waals surface area contributed by atoms with E-state index in [0.717, 1.165) is 24.0 Å². The monoisotopic (exact) mass is 477 g/mol. The summed E-state index contributed by atoms with van der Waals surface area (Å²) in [7, 11) is 0. The van der Waals surface area contributed by atoms with Crippen molar-refractivity contribution in [3.63, 3.8) is 0 Å². The molecule has 2 saturated heterocycles. The molecule has 7 nitrogen and oxygen atoms in total. The quantitative estimate of drug-likeness (QED) is 0.400. The third-order valence-corrected chi connectivity index (χ3v) is 6.87. The summed E-state index contributed by atoms with van der Waals surface area (Å²) in [4.78, 5) is 28.1. The number of rotatable bonds is 4. The fourth-order valence-electron chi connectivity index (χ4n) is 4.93. The molecule has 2 aromatic carbocycles. The van der Waals surface area contributed by atoms with Crippen LogP contribution in [-0.2, 0) is 19.7 Å². The minimum absolute atomic E-state index is 0.0385. The number of aliphatic hydroxyl groups excluding tert-OH is 1. The second-order valence-electron chi connectivity index (χ2n) is 10.3. The summed E-state index contributed by atoms with van der Waals surface area (Å²) in [6, 6.07) is 12.2. The normalized spacial score (nSPS) is 23.7. The largest absolute Gasteiger partial charge is 0.507 e. The van der Waals surface area contributed by atoms with Gasteiger partial charge in [0, 0.05) is 18.7 Å².